The Bertz CT molecular complexity index is 917. The summed E-state index contributed by atoms with van der Waals surface area (Å²) in [4.78, 5) is 17.6. The average Bonchev–Trinajstić information content (AvgIpc) is 2.84. The molecule has 1 unspecified atom stereocenters. The summed E-state index contributed by atoms with van der Waals surface area (Å²) in [5.74, 6) is 3.07. The van der Waals surface area contributed by atoms with Crippen LogP contribution in [0.4, 0.5) is 0 Å². The van der Waals surface area contributed by atoms with Crippen LogP contribution in [0.2, 0.25) is 0 Å². The van der Waals surface area contributed by atoms with E-state index >= 15 is 0 Å². The topological polar surface area (TPSA) is 69.7 Å². The summed E-state index contributed by atoms with van der Waals surface area (Å²) in [5.41, 5.74) is 0.449. The fourth-order valence-electron chi connectivity index (χ4n) is 4.13. The quantitative estimate of drug-likeness (QED) is 0.577. The molecule has 2 aliphatic heterocycles. The monoisotopic (exact) mass is 442 g/mol. The van der Waals surface area contributed by atoms with E-state index in [2.05, 4.69) is 9.80 Å². The Morgan fingerprint density at radius 3 is 2.19 bits per heavy atom. The van der Waals surface area contributed by atoms with E-state index in [9.17, 15) is 4.79 Å². The van der Waals surface area contributed by atoms with Gasteiger partial charge in [-0.25, -0.2) is 0 Å². The predicted octanol–water partition coefficient (Wildman–Crippen LogP) is 2.35. The molecule has 2 aromatic rings. The fourth-order valence-corrected chi connectivity index (χ4v) is 4.13. The number of para-hydroxylation sites is 2. The van der Waals surface area contributed by atoms with Gasteiger partial charge in [0.2, 0.25) is 0 Å². The molecular weight excluding hydrogens is 412 g/mol. The molecule has 0 spiro atoms. The summed E-state index contributed by atoms with van der Waals surface area (Å²) in [5, 5.41) is 0. The number of piperazine rings is 1. The summed E-state index contributed by atoms with van der Waals surface area (Å²) in [7, 11) is 4.65. The second-order valence-electron chi connectivity index (χ2n) is 7.90. The molecule has 32 heavy (non-hydrogen) atoms. The number of hydrogen-bond donors (Lipinski definition) is 0. The second kappa shape index (κ2) is 10.1. The number of hydrogen-bond acceptors (Lipinski definition) is 8. The minimum Gasteiger partial charge on any atom is -0.496 e. The number of ketones is 1. The molecule has 0 N–H and O–H groups in total. The molecule has 0 radical (unpaired) electrons. The smallest absolute Gasteiger partial charge is 0.184 e. The lowest BCUT2D eigenvalue weighted by molar-refractivity contribution is 0.0398. The van der Waals surface area contributed by atoms with Crippen molar-refractivity contribution in [2.45, 2.75) is 6.10 Å². The first kappa shape index (κ1) is 22.2. The first-order valence-corrected chi connectivity index (χ1v) is 10.8. The SMILES string of the molecule is COc1cc(OC)c(C(=O)CN2CCN(CC3COc4ccccc4O3)CC2)c(OC)c1. The predicted molar refractivity (Wildman–Crippen MR) is 120 cm³/mol. The fraction of sp³-hybridized carbons (Fsp3) is 0.458. The molecule has 0 saturated carbocycles. The lowest BCUT2D eigenvalue weighted by Crippen LogP contribution is -2.51. The molecule has 4 rings (SSSR count). The van der Waals surface area contributed by atoms with Gasteiger partial charge in [0, 0.05) is 44.9 Å². The van der Waals surface area contributed by atoms with E-state index in [4.69, 9.17) is 23.7 Å². The number of nitrogens with zero attached hydrogens (tertiary/aromatic N) is 2. The van der Waals surface area contributed by atoms with Gasteiger partial charge in [-0.05, 0) is 12.1 Å². The first-order chi connectivity index (χ1) is 15.6. The average molecular weight is 443 g/mol. The van der Waals surface area contributed by atoms with E-state index in [1.54, 1.807) is 33.5 Å². The molecule has 0 amide bonds. The second-order valence-corrected chi connectivity index (χ2v) is 7.90. The zero-order valence-corrected chi connectivity index (χ0v) is 18.8. The highest BCUT2D eigenvalue weighted by molar-refractivity contribution is 6.03. The Morgan fingerprint density at radius 2 is 1.56 bits per heavy atom. The molecule has 8 heteroatoms. The highest BCUT2D eigenvalue weighted by Gasteiger charge is 2.27. The Labute approximate surface area is 188 Å². The minimum absolute atomic E-state index is 0.00547. The van der Waals surface area contributed by atoms with Crippen molar-refractivity contribution < 1.29 is 28.5 Å². The summed E-state index contributed by atoms with van der Waals surface area (Å²) in [6.45, 7) is 5.00. The van der Waals surface area contributed by atoms with Gasteiger partial charge in [0.25, 0.3) is 0 Å². The van der Waals surface area contributed by atoms with E-state index in [0.29, 0.717) is 36.0 Å². The summed E-state index contributed by atoms with van der Waals surface area (Å²) in [6.07, 6.45) is 0.00547. The maximum Gasteiger partial charge on any atom is 0.184 e. The number of benzene rings is 2. The molecule has 2 aromatic carbocycles. The van der Waals surface area contributed by atoms with Gasteiger partial charge in [-0.3, -0.25) is 14.6 Å². The van der Waals surface area contributed by atoms with Crippen LogP contribution in [0.3, 0.4) is 0 Å². The number of ether oxygens (including phenoxy) is 5. The van der Waals surface area contributed by atoms with Crippen molar-refractivity contribution >= 4 is 5.78 Å². The van der Waals surface area contributed by atoms with Crippen molar-refractivity contribution in [2.75, 3.05) is 67.2 Å². The Hall–Kier alpha value is -2.97. The molecule has 2 heterocycles. The van der Waals surface area contributed by atoms with Crippen molar-refractivity contribution in [3.8, 4) is 28.7 Å². The largest absolute Gasteiger partial charge is 0.496 e. The van der Waals surface area contributed by atoms with Gasteiger partial charge in [0.1, 0.15) is 35.5 Å². The Kier molecular flexibility index (Phi) is 7.02. The summed E-state index contributed by atoms with van der Waals surface area (Å²) >= 11 is 0. The number of methoxy groups -OCH3 is 3. The third-order valence-electron chi connectivity index (χ3n) is 5.86. The maximum absolute atomic E-state index is 13.1. The molecule has 8 nitrogen and oxygen atoms in total. The molecule has 172 valence electrons. The first-order valence-electron chi connectivity index (χ1n) is 10.8. The molecule has 1 saturated heterocycles. The normalized spacial score (nSPS) is 18.8. The third-order valence-corrected chi connectivity index (χ3v) is 5.86. The summed E-state index contributed by atoms with van der Waals surface area (Å²) in [6, 6.07) is 11.2. The summed E-state index contributed by atoms with van der Waals surface area (Å²) < 4.78 is 28.0. The van der Waals surface area contributed by atoms with E-state index in [-0.39, 0.29) is 11.9 Å². The molecular formula is C24H30N2O6. The molecule has 0 bridgehead atoms. The van der Waals surface area contributed by atoms with Crippen molar-refractivity contribution in [1.82, 2.24) is 9.80 Å². The molecule has 1 atom stereocenters. The zero-order valence-electron chi connectivity index (χ0n) is 18.8. The van der Waals surface area contributed by atoms with Crippen LogP contribution in [0.25, 0.3) is 0 Å². The Balaban J connectivity index is 1.31. The van der Waals surface area contributed by atoms with Crippen molar-refractivity contribution in [1.29, 1.82) is 0 Å². The highest BCUT2D eigenvalue weighted by Crippen LogP contribution is 2.34. The number of Topliss-reactive ketones (excluding diaryl/α,β-unsaturated/α-hetero) is 1. The number of fused-ring (bicyclic) bond motifs is 1. The van der Waals surface area contributed by atoms with Gasteiger partial charge in [0.05, 0.1) is 27.9 Å². The number of rotatable bonds is 8. The van der Waals surface area contributed by atoms with Crippen LogP contribution in [-0.2, 0) is 0 Å². The number of carbonyl (C=O) groups is 1. The Morgan fingerprint density at radius 1 is 0.938 bits per heavy atom. The van der Waals surface area contributed by atoms with Crippen LogP contribution in [0.5, 0.6) is 28.7 Å². The van der Waals surface area contributed by atoms with Gasteiger partial charge in [0.15, 0.2) is 17.3 Å². The molecule has 0 aromatic heterocycles. The van der Waals surface area contributed by atoms with Gasteiger partial charge >= 0.3 is 0 Å². The maximum atomic E-state index is 13.1. The molecule has 0 aliphatic carbocycles. The highest BCUT2D eigenvalue weighted by atomic mass is 16.6. The standard InChI is InChI=1S/C24H30N2O6/c1-28-17-12-22(29-2)24(23(13-17)30-3)19(27)15-26-10-8-25(9-11-26)14-18-16-31-20-6-4-5-7-21(20)32-18/h4-7,12-13,18H,8-11,14-16H2,1-3H3. The van der Waals surface area contributed by atoms with E-state index in [1.165, 1.54) is 0 Å². The van der Waals surface area contributed by atoms with Crippen molar-refractivity contribution in [3.63, 3.8) is 0 Å². The van der Waals surface area contributed by atoms with Gasteiger partial charge in [-0.2, -0.15) is 0 Å². The zero-order chi connectivity index (χ0) is 22.5. The molecule has 2 aliphatic rings. The van der Waals surface area contributed by atoms with E-state index < -0.39 is 0 Å². The molecule has 1 fully saturated rings. The van der Waals surface area contributed by atoms with E-state index in [1.807, 2.05) is 24.3 Å². The van der Waals surface area contributed by atoms with Gasteiger partial charge < -0.3 is 23.7 Å². The lowest BCUT2D eigenvalue weighted by Gasteiger charge is -2.37. The van der Waals surface area contributed by atoms with Crippen LogP contribution in [-0.4, -0.2) is 88.9 Å². The van der Waals surface area contributed by atoms with Crippen molar-refractivity contribution in [2.24, 2.45) is 0 Å². The van der Waals surface area contributed by atoms with Crippen LogP contribution < -0.4 is 23.7 Å². The van der Waals surface area contributed by atoms with Crippen LogP contribution in [0.1, 0.15) is 10.4 Å². The van der Waals surface area contributed by atoms with Crippen LogP contribution in [0, 0.1) is 0 Å². The van der Waals surface area contributed by atoms with Crippen molar-refractivity contribution in [3.05, 3.63) is 42.0 Å². The van der Waals surface area contributed by atoms with E-state index in [0.717, 1.165) is 44.2 Å². The third kappa shape index (κ3) is 4.92. The lowest BCUT2D eigenvalue weighted by atomic mass is 10.1. The van der Waals surface area contributed by atoms with Gasteiger partial charge in [-0.15, -0.1) is 0 Å². The minimum atomic E-state index is -0.0320. The van der Waals surface area contributed by atoms with Gasteiger partial charge in [-0.1, -0.05) is 12.1 Å². The van der Waals surface area contributed by atoms with Crippen LogP contribution in [0.15, 0.2) is 36.4 Å². The number of carbonyl (C=O) groups excluding carboxylic acids is 1. The van der Waals surface area contributed by atoms with Crippen LogP contribution >= 0.6 is 0 Å².